The van der Waals surface area contributed by atoms with E-state index in [1.807, 2.05) is 24.3 Å². The number of allylic oxidation sites excluding steroid dienone is 1. The third kappa shape index (κ3) is 3.74. The van der Waals surface area contributed by atoms with E-state index >= 15 is 0 Å². The van der Waals surface area contributed by atoms with Crippen LogP contribution in [0.5, 0.6) is 0 Å². The quantitative estimate of drug-likeness (QED) is 0.219. The van der Waals surface area contributed by atoms with Crippen molar-refractivity contribution in [1.82, 2.24) is 0 Å². The summed E-state index contributed by atoms with van der Waals surface area (Å²) in [6, 6.07) is 22.3. The minimum absolute atomic E-state index is 0.0342. The fraction of sp³-hybridized carbons (Fsp3) is 0.0833. The molecule has 0 radical (unpaired) electrons. The average Bonchev–Trinajstić information content (AvgIpc) is 3.22. The first-order valence-electron chi connectivity index (χ1n) is 9.49. The third-order valence-corrected chi connectivity index (χ3v) is 4.89. The molecule has 1 unspecified atom stereocenters. The van der Waals surface area contributed by atoms with Crippen LogP contribution in [0.3, 0.4) is 0 Å². The van der Waals surface area contributed by atoms with Crippen LogP contribution in [0.1, 0.15) is 32.4 Å². The molecule has 0 aliphatic carbocycles. The topological polar surface area (TPSA) is 98.7 Å². The number of anilines is 2. The first kappa shape index (κ1) is 19.6. The summed E-state index contributed by atoms with van der Waals surface area (Å²) in [6.07, 6.45) is -1.11. The number of aliphatic hydroxyl groups is 2. The molecular weight excluding hydrogens is 380 g/mol. The van der Waals surface area contributed by atoms with E-state index in [1.165, 1.54) is 6.07 Å². The van der Waals surface area contributed by atoms with Gasteiger partial charge in [-0.15, -0.1) is 0 Å². The van der Waals surface area contributed by atoms with Crippen molar-refractivity contribution in [2.45, 2.75) is 6.10 Å². The fourth-order valence-corrected chi connectivity index (χ4v) is 3.33. The second-order valence-corrected chi connectivity index (χ2v) is 6.89. The second-order valence-electron chi connectivity index (χ2n) is 6.89. The van der Waals surface area contributed by atoms with E-state index in [4.69, 9.17) is 0 Å². The molecule has 3 aromatic carbocycles. The van der Waals surface area contributed by atoms with Gasteiger partial charge >= 0.3 is 0 Å². The van der Waals surface area contributed by atoms with Crippen LogP contribution < -0.4 is 10.6 Å². The lowest BCUT2D eigenvalue weighted by Gasteiger charge is -2.13. The summed E-state index contributed by atoms with van der Waals surface area (Å²) in [5, 5.41) is 25.4. The molecule has 1 heterocycles. The Morgan fingerprint density at radius 2 is 1.33 bits per heavy atom. The number of rotatable bonds is 6. The Morgan fingerprint density at radius 1 is 0.767 bits per heavy atom. The van der Waals surface area contributed by atoms with Gasteiger partial charge in [0.25, 0.3) is 0 Å². The van der Waals surface area contributed by atoms with Crippen molar-refractivity contribution in [1.29, 1.82) is 0 Å². The molecule has 4 rings (SSSR count). The molecule has 150 valence electrons. The Balaban J connectivity index is 1.80. The molecule has 1 aliphatic heterocycles. The van der Waals surface area contributed by atoms with E-state index in [0.717, 1.165) is 11.4 Å². The van der Waals surface area contributed by atoms with Crippen molar-refractivity contribution in [3.8, 4) is 0 Å². The van der Waals surface area contributed by atoms with E-state index in [2.05, 4.69) is 10.6 Å². The summed E-state index contributed by atoms with van der Waals surface area (Å²) in [5.41, 5.74) is 2.53. The maximum atomic E-state index is 13.5. The number of nitrogens with one attached hydrogen (secondary N) is 2. The van der Waals surface area contributed by atoms with Crippen LogP contribution in [0.2, 0.25) is 0 Å². The molecule has 0 aromatic heterocycles. The predicted molar refractivity (Wildman–Crippen MR) is 114 cm³/mol. The molecule has 0 saturated heterocycles. The predicted octanol–water partition coefficient (Wildman–Crippen LogP) is 3.53. The van der Waals surface area contributed by atoms with Gasteiger partial charge in [-0.2, -0.15) is 0 Å². The average molecular weight is 400 g/mol. The van der Waals surface area contributed by atoms with Gasteiger partial charge in [0.1, 0.15) is 17.5 Å². The van der Waals surface area contributed by atoms with E-state index in [9.17, 15) is 19.8 Å². The standard InChI is InChI=1S/C24H20N2O4/c27-14-20(28)16-9-6-10-17(13-16)23(30)21(22(29)15-7-2-1-3-8-15)24-25-18-11-4-5-12-19(18)26-24/h1-13,20,25-28H,14H2. The van der Waals surface area contributed by atoms with Crippen LogP contribution in [0.25, 0.3) is 0 Å². The zero-order valence-electron chi connectivity index (χ0n) is 16.0. The number of carbonyl (C=O) groups excluding carboxylic acids is 2. The lowest BCUT2D eigenvalue weighted by Crippen LogP contribution is -2.21. The molecule has 0 fully saturated rings. The number of hydrogen-bond donors (Lipinski definition) is 4. The number of ketones is 2. The minimum Gasteiger partial charge on any atom is -0.393 e. The smallest absolute Gasteiger partial charge is 0.200 e. The van der Waals surface area contributed by atoms with Gasteiger partial charge in [0.2, 0.25) is 11.6 Å². The van der Waals surface area contributed by atoms with E-state index in [0.29, 0.717) is 16.9 Å². The van der Waals surface area contributed by atoms with Crippen molar-refractivity contribution < 1.29 is 19.8 Å². The molecule has 6 heteroatoms. The SMILES string of the molecule is O=C(C(C(=O)c1cccc(C(O)CO)c1)=C1Nc2ccccc2N1)c1ccccc1. The van der Waals surface area contributed by atoms with E-state index in [1.54, 1.807) is 48.5 Å². The van der Waals surface area contributed by atoms with Crippen LogP contribution in [0, 0.1) is 0 Å². The zero-order valence-corrected chi connectivity index (χ0v) is 16.0. The van der Waals surface area contributed by atoms with Gasteiger partial charge in [-0.3, -0.25) is 9.59 Å². The normalized spacial score (nSPS) is 13.1. The highest BCUT2D eigenvalue weighted by atomic mass is 16.3. The van der Waals surface area contributed by atoms with Crippen molar-refractivity contribution in [2.24, 2.45) is 0 Å². The summed E-state index contributed by atoms with van der Waals surface area (Å²) in [7, 11) is 0. The number of Topliss-reactive ketones (excluding diaryl/α,β-unsaturated/α-hetero) is 2. The minimum atomic E-state index is -1.11. The molecule has 6 nitrogen and oxygen atoms in total. The van der Waals surface area contributed by atoms with Crippen molar-refractivity contribution in [3.05, 3.63) is 107 Å². The van der Waals surface area contributed by atoms with Gasteiger partial charge in [0, 0.05) is 11.1 Å². The third-order valence-electron chi connectivity index (χ3n) is 4.89. The van der Waals surface area contributed by atoms with Crippen LogP contribution in [0.15, 0.2) is 90.3 Å². The second kappa shape index (κ2) is 8.32. The Hall–Kier alpha value is -3.74. The summed E-state index contributed by atoms with van der Waals surface area (Å²) >= 11 is 0. The highest BCUT2D eigenvalue weighted by molar-refractivity contribution is 6.32. The maximum Gasteiger partial charge on any atom is 0.200 e. The maximum absolute atomic E-state index is 13.5. The Morgan fingerprint density at radius 3 is 1.97 bits per heavy atom. The lowest BCUT2D eigenvalue weighted by atomic mass is 9.94. The first-order valence-corrected chi connectivity index (χ1v) is 9.49. The number of para-hydroxylation sites is 2. The van der Waals surface area contributed by atoms with Gasteiger partial charge in [-0.05, 0) is 23.8 Å². The summed E-state index contributed by atoms with van der Waals surface area (Å²) in [6.45, 7) is -0.465. The molecule has 30 heavy (non-hydrogen) atoms. The highest BCUT2D eigenvalue weighted by Crippen LogP contribution is 2.32. The van der Waals surface area contributed by atoms with Crippen molar-refractivity contribution >= 4 is 22.9 Å². The van der Waals surface area contributed by atoms with E-state index < -0.39 is 24.3 Å². The number of carbonyl (C=O) groups is 2. The first-order chi connectivity index (χ1) is 14.6. The Labute approximate surface area is 173 Å². The summed E-state index contributed by atoms with van der Waals surface area (Å²) in [5.74, 6) is -0.599. The van der Waals surface area contributed by atoms with Crippen molar-refractivity contribution in [3.63, 3.8) is 0 Å². The van der Waals surface area contributed by atoms with Crippen molar-refractivity contribution in [2.75, 3.05) is 17.2 Å². The van der Waals surface area contributed by atoms with Gasteiger partial charge in [-0.1, -0.05) is 60.7 Å². The molecule has 0 amide bonds. The van der Waals surface area contributed by atoms with Gasteiger partial charge in [0.05, 0.1) is 18.0 Å². The molecule has 0 saturated carbocycles. The van der Waals surface area contributed by atoms with Crippen LogP contribution in [-0.2, 0) is 0 Å². The largest absolute Gasteiger partial charge is 0.393 e. The number of benzene rings is 3. The molecule has 1 aliphatic rings. The summed E-state index contributed by atoms with van der Waals surface area (Å²) < 4.78 is 0. The Kier molecular flexibility index (Phi) is 5.43. The fourth-order valence-electron chi connectivity index (χ4n) is 3.33. The number of hydrogen-bond acceptors (Lipinski definition) is 6. The number of aliphatic hydroxyl groups excluding tert-OH is 2. The highest BCUT2D eigenvalue weighted by Gasteiger charge is 2.29. The molecule has 4 N–H and O–H groups in total. The number of fused-ring (bicyclic) bond motifs is 1. The van der Waals surface area contributed by atoms with Crippen LogP contribution >= 0.6 is 0 Å². The van der Waals surface area contributed by atoms with Gasteiger partial charge in [-0.25, -0.2) is 0 Å². The van der Waals surface area contributed by atoms with Crippen LogP contribution in [-0.4, -0.2) is 28.4 Å². The molecule has 0 spiro atoms. The monoisotopic (exact) mass is 400 g/mol. The Bertz CT molecular complexity index is 1110. The van der Waals surface area contributed by atoms with Gasteiger partial charge in [0.15, 0.2) is 0 Å². The summed E-state index contributed by atoms with van der Waals surface area (Å²) in [4.78, 5) is 26.8. The van der Waals surface area contributed by atoms with Crippen LogP contribution in [0.4, 0.5) is 11.4 Å². The molecule has 1 atom stereocenters. The molecular formula is C24H20N2O4. The van der Waals surface area contributed by atoms with Gasteiger partial charge < -0.3 is 20.8 Å². The zero-order chi connectivity index (χ0) is 21.1. The lowest BCUT2D eigenvalue weighted by molar-refractivity contribution is 0.0945. The molecule has 0 bridgehead atoms. The molecule has 3 aromatic rings. The van der Waals surface area contributed by atoms with E-state index in [-0.39, 0.29) is 11.1 Å².